The second kappa shape index (κ2) is 7.48. The Labute approximate surface area is 164 Å². The van der Waals surface area contributed by atoms with Gasteiger partial charge in [-0.05, 0) is 37.8 Å². The molecule has 1 atom stereocenters. The number of carbonyl (C=O) groups excluding carboxylic acids is 2. The Kier molecular flexibility index (Phi) is 5.09. The number of aromatic nitrogens is 1. The molecule has 7 heteroatoms. The fourth-order valence-corrected chi connectivity index (χ4v) is 4.42. The number of nitrogens with one attached hydrogen (secondary N) is 1. The van der Waals surface area contributed by atoms with Crippen molar-refractivity contribution in [3.63, 3.8) is 0 Å². The zero-order valence-corrected chi connectivity index (χ0v) is 16.7. The van der Waals surface area contributed by atoms with Gasteiger partial charge in [-0.15, -0.1) is 11.3 Å². The molecule has 4 rings (SSSR count). The highest BCUT2D eigenvalue weighted by Gasteiger charge is 2.36. The maximum atomic E-state index is 12.6. The fourth-order valence-electron chi connectivity index (χ4n) is 3.30. The first-order valence-corrected chi connectivity index (χ1v) is 10.6. The second-order valence-corrected chi connectivity index (χ2v) is 8.71. The smallest absolute Gasteiger partial charge is 0.231 e. The first kappa shape index (κ1) is 17.7. The highest BCUT2D eigenvalue weighted by molar-refractivity contribution is 9.10. The Morgan fingerprint density at radius 3 is 2.85 bits per heavy atom. The van der Waals surface area contributed by atoms with Crippen LogP contribution in [-0.2, 0) is 9.59 Å². The van der Waals surface area contributed by atoms with Gasteiger partial charge in [0.25, 0.3) is 0 Å². The number of likely N-dealkylation sites (tertiary alicyclic amines) is 1. The average molecular weight is 434 g/mol. The van der Waals surface area contributed by atoms with Gasteiger partial charge in [-0.1, -0.05) is 28.1 Å². The van der Waals surface area contributed by atoms with E-state index in [1.165, 1.54) is 11.3 Å². The zero-order valence-electron chi connectivity index (χ0n) is 14.3. The van der Waals surface area contributed by atoms with Crippen LogP contribution in [0.1, 0.15) is 25.7 Å². The van der Waals surface area contributed by atoms with E-state index in [1.54, 1.807) is 0 Å². The lowest BCUT2D eigenvalue weighted by Crippen LogP contribution is -2.44. The molecule has 1 aliphatic heterocycles. The van der Waals surface area contributed by atoms with Crippen molar-refractivity contribution in [3.8, 4) is 11.3 Å². The second-order valence-electron chi connectivity index (χ2n) is 6.94. The number of hydrogen-bond donors (Lipinski definition) is 1. The van der Waals surface area contributed by atoms with Gasteiger partial charge in [0.05, 0.1) is 11.6 Å². The molecule has 0 radical (unpaired) electrons. The number of nitrogens with zero attached hydrogens (tertiary/aromatic N) is 2. The number of amides is 2. The van der Waals surface area contributed by atoms with Gasteiger partial charge < -0.3 is 10.2 Å². The van der Waals surface area contributed by atoms with E-state index in [0.717, 1.165) is 48.0 Å². The van der Waals surface area contributed by atoms with E-state index in [9.17, 15) is 9.59 Å². The molecule has 0 bridgehead atoms. The van der Waals surface area contributed by atoms with Crippen molar-refractivity contribution in [2.45, 2.75) is 25.7 Å². The third kappa shape index (κ3) is 3.99. The zero-order chi connectivity index (χ0) is 18.1. The van der Waals surface area contributed by atoms with Crippen molar-refractivity contribution in [1.82, 2.24) is 9.88 Å². The largest absolute Gasteiger partial charge is 0.342 e. The summed E-state index contributed by atoms with van der Waals surface area (Å²) in [4.78, 5) is 31.3. The molecule has 2 aliphatic rings. The predicted octanol–water partition coefficient (Wildman–Crippen LogP) is 4.16. The van der Waals surface area contributed by atoms with Crippen LogP contribution >= 0.6 is 27.3 Å². The van der Waals surface area contributed by atoms with Crippen LogP contribution in [0.25, 0.3) is 11.3 Å². The molecule has 2 fully saturated rings. The predicted molar refractivity (Wildman–Crippen MR) is 106 cm³/mol. The van der Waals surface area contributed by atoms with Crippen LogP contribution in [0.15, 0.2) is 34.1 Å². The molecule has 0 spiro atoms. The van der Waals surface area contributed by atoms with E-state index >= 15 is 0 Å². The van der Waals surface area contributed by atoms with Crippen LogP contribution in [0.2, 0.25) is 0 Å². The lowest BCUT2D eigenvalue weighted by Gasteiger charge is -2.32. The lowest BCUT2D eigenvalue weighted by molar-refractivity contribution is -0.135. The van der Waals surface area contributed by atoms with Gasteiger partial charge >= 0.3 is 0 Å². The quantitative estimate of drug-likeness (QED) is 0.786. The molecule has 2 aromatic rings. The molecule has 136 valence electrons. The third-order valence-electron chi connectivity index (χ3n) is 4.89. The molecule has 1 unspecified atom stereocenters. The molecule has 1 saturated carbocycles. The van der Waals surface area contributed by atoms with Crippen molar-refractivity contribution < 1.29 is 9.59 Å². The van der Waals surface area contributed by atoms with E-state index in [0.29, 0.717) is 11.7 Å². The van der Waals surface area contributed by atoms with E-state index in [4.69, 9.17) is 0 Å². The standard InChI is InChI=1S/C19H20BrN3O2S/c20-15-5-1-3-13(9-15)16-11-26-19(21-16)22-17(24)14-4-2-8-23(10-14)18(25)12-6-7-12/h1,3,5,9,11-12,14H,2,4,6-8,10H2,(H,21,22,24). The van der Waals surface area contributed by atoms with Crippen LogP contribution in [0, 0.1) is 11.8 Å². The first-order chi connectivity index (χ1) is 12.6. The summed E-state index contributed by atoms with van der Waals surface area (Å²) in [5, 5.41) is 5.49. The number of carbonyl (C=O) groups is 2. The van der Waals surface area contributed by atoms with Crippen LogP contribution in [-0.4, -0.2) is 34.8 Å². The van der Waals surface area contributed by atoms with Crippen LogP contribution in [0.4, 0.5) is 5.13 Å². The minimum absolute atomic E-state index is 0.0339. The highest BCUT2D eigenvalue weighted by Crippen LogP contribution is 2.33. The molecule has 1 saturated heterocycles. The summed E-state index contributed by atoms with van der Waals surface area (Å²) in [6, 6.07) is 7.93. The van der Waals surface area contributed by atoms with Crippen molar-refractivity contribution >= 4 is 44.2 Å². The minimum Gasteiger partial charge on any atom is -0.342 e. The number of thiazole rings is 1. The monoisotopic (exact) mass is 433 g/mol. The summed E-state index contributed by atoms with van der Waals surface area (Å²) in [5.41, 5.74) is 1.86. The third-order valence-corrected chi connectivity index (χ3v) is 6.14. The molecular formula is C19H20BrN3O2S. The summed E-state index contributed by atoms with van der Waals surface area (Å²) >= 11 is 4.89. The van der Waals surface area contributed by atoms with Crippen LogP contribution < -0.4 is 5.32 Å². The maximum Gasteiger partial charge on any atom is 0.231 e. The molecule has 1 aliphatic carbocycles. The molecular weight excluding hydrogens is 414 g/mol. The van der Waals surface area contributed by atoms with E-state index < -0.39 is 0 Å². The summed E-state index contributed by atoms with van der Waals surface area (Å²) in [6.07, 6.45) is 3.72. The summed E-state index contributed by atoms with van der Waals surface area (Å²) in [5.74, 6) is 0.260. The minimum atomic E-state index is -0.148. The number of rotatable bonds is 4. The van der Waals surface area contributed by atoms with Crippen molar-refractivity contribution in [2.24, 2.45) is 11.8 Å². The average Bonchev–Trinajstić information content (AvgIpc) is 3.40. The molecule has 26 heavy (non-hydrogen) atoms. The van der Waals surface area contributed by atoms with E-state index in [1.807, 2.05) is 34.5 Å². The Morgan fingerprint density at radius 2 is 2.08 bits per heavy atom. The molecule has 1 N–H and O–H groups in total. The number of benzene rings is 1. The number of piperidine rings is 1. The normalized spacial score (nSPS) is 20.0. The Balaban J connectivity index is 1.39. The topological polar surface area (TPSA) is 62.3 Å². The van der Waals surface area contributed by atoms with Crippen molar-refractivity contribution in [3.05, 3.63) is 34.1 Å². The number of anilines is 1. The summed E-state index contributed by atoms with van der Waals surface area (Å²) in [7, 11) is 0. The lowest BCUT2D eigenvalue weighted by atomic mass is 9.97. The maximum absolute atomic E-state index is 12.6. The van der Waals surface area contributed by atoms with Crippen molar-refractivity contribution in [1.29, 1.82) is 0 Å². The molecule has 2 heterocycles. The Bertz CT molecular complexity index is 834. The Hall–Kier alpha value is -1.73. The summed E-state index contributed by atoms with van der Waals surface area (Å²) in [6.45, 7) is 1.31. The molecule has 5 nitrogen and oxygen atoms in total. The molecule has 1 aromatic heterocycles. The van der Waals surface area contributed by atoms with Crippen LogP contribution in [0.5, 0.6) is 0 Å². The van der Waals surface area contributed by atoms with Gasteiger partial charge in [-0.2, -0.15) is 0 Å². The van der Waals surface area contributed by atoms with Gasteiger partial charge in [0, 0.05) is 34.4 Å². The van der Waals surface area contributed by atoms with Gasteiger partial charge in [-0.25, -0.2) is 4.98 Å². The van der Waals surface area contributed by atoms with Gasteiger partial charge in [0.1, 0.15) is 0 Å². The highest BCUT2D eigenvalue weighted by atomic mass is 79.9. The van der Waals surface area contributed by atoms with E-state index in [-0.39, 0.29) is 23.7 Å². The van der Waals surface area contributed by atoms with E-state index in [2.05, 4.69) is 26.2 Å². The first-order valence-electron chi connectivity index (χ1n) is 8.91. The fraction of sp³-hybridized carbons (Fsp3) is 0.421. The number of hydrogen-bond acceptors (Lipinski definition) is 4. The van der Waals surface area contributed by atoms with Crippen LogP contribution in [0.3, 0.4) is 0 Å². The van der Waals surface area contributed by atoms with Gasteiger partial charge in [0.2, 0.25) is 11.8 Å². The van der Waals surface area contributed by atoms with Gasteiger partial charge in [-0.3, -0.25) is 9.59 Å². The summed E-state index contributed by atoms with van der Waals surface area (Å²) < 4.78 is 0.996. The van der Waals surface area contributed by atoms with Gasteiger partial charge in [0.15, 0.2) is 5.13 Å². The molecule has 1 aromatic carbocycles. The Morgan fingerprint density at radius 1 is 1.23 bits per heavy atom. The van der Waals surface area contributed by atoms with Crippen molar-refractivity contribution in [2.75, 3.05) is 18.4 Å². The SMILES string of the molecule is O=C(Nc1nc(-c2cccc(Br)c2)cs1)C1CCCN(C(=O)C2CC2)C1. The molecule has 2 amide bonds. The number of halogens is 1.